The van der Waals surface area contributed by atoms with Crippen LogP contribution in [0.4, 0.5) is 0 Å². The number of carbonyl (C=O) groups is 1. The van der Waals surface area contributed by atoms with Crippen LogP contribution in [0.2, 0.25) is 32.2 Å². The molecule has 0 aliphatic rings. The predicted molar refractivity (Wildman–Crippen MR) is 86.1 cm³/mol. The van der Waals surface area contributed by atoms with Crippen LogP contribution in [0.5, 0.6) is 0 Å². The third kappa shape index (κ3) is 8.96. The molecule has 5 heteroatoms. The minimum atomic E-state index is -1.69. The summed E-state index contributed by atoms with van der Waals surface area (Å²) in [7, 11) is -3.31. The van der Waals surface area contributed by atoms with Gasteiger partial charge in [-0.15, -0.1) is 6.58 Å². The summed E-state index contributed by atoms with van der Waals surface area (Å²) in [5.74, 6) is -0.298. The van der Waals surface area contributed by atoms with Gasteiger partial charge in [0.2, 0.25) is 0 Å². The van der Waals surface area contributed by atoms with Gasteiger partial charge in [-0.25, -0.2) is 4.79 Å². The molecular weight excluding hydrogens is 272 g/mol. The molecule has 0 rings (SSSR count). The highest BCUT2D eigenvalue weighted by Gasteiger charge is 2.30. The maximum atomic E-state index is 11.2. The average Bonchev–Trinajstić information content (AvgIpc) is 2.26. The molecule has 3 nitrogen and oxygen atoms in total. The molecule has 0 unspecified atom stereocenters. The third-order valence-electron chi connectivity index (χ3n) is 2.79. The van der Waals surface area contributed by atoms with Crippen molar-refractivity contribution in [1.82, 2.24) is 0 Å². The lowest BCUT2D eigenvalue weighted by atomic mass is 10.3. The Hall–Kier alpha value is -0.656. The van der Waals surface area contributed by atoms with E-state index < -0.39 is 16.6 Å². The number of hydrogen-bond donors (Lipinski definition) is 0. The van der Waals surface area contributed by atoms with E-state index in [1.165, 1.54) is 0 Å². The third-order valence-corrected chi connectivity index (χ3v) is 9.64. The monoisotopic (exact) mass is 300 g/mol. The highest BCUT2D eigenvalue weighted by Crippen LogP contribution is 2.21. The molecule has 0 N–H and O–H groups in total. The van der Waals surface area contributed by atoms with Crippen molar-refractivity contribution in [3.8, 4) is 0 Å². The van der Waals surface area contributed by atoms with Gasteiger partial charge in [0.1, 0.15) is 0 Å². The van der Waals surface area contributed by atoms with Crippen LogP contribution in [0.3, 0.4) is 0 Å². The molecule has 19 heavy (non-hydrogen) atoms. The minimum Gasteiger partial charge on any atom is -0.462 e. The van der Waals surface area contributed by atoms with Gasteiger partial charge in [0.05, 0.1) is 6.61 Å². The van der Waals surface area contributed by atoms with Crippen LogP contribution in [0.1, 0.15) is 19.8 Å². The van der Waals surface area contributed by atoms with Gasteiger partial charge >= 0.3 is 5.97 Å². The molecule has 0 aromatic rings. The van der Waals surface area contributed by atoms with E-state index in [0.717, 1.165) is 18.9 Å². The van der Waals surface area contributed by atoms with Crippen molar-refractivity contribution in [3.63, 3.8) is 0 Å². The molecule has 110 valence electrons. The lowest BCUT2D eigenvalue weighted by Crippen LogP contribution is -2.43. The summed E-state index contributed by atoms with van der Waals surface area (Å²) in [4.78, 5) is 11.2. The van der Waals surface area contributed by atoms with Crippen LogP contribution in [-0.4, -0.2) is 29.2 Å². The molecule has 0 radical (unpaired) electrons. The standard InChI is InChI=1S/C14H28O3Si2/c1-8-18(4,5)17-19(6,7)12-10-9-11-16-14(15)13(2)3/h8H,1-2,9-12H2,3-7H3. The van der Waals surface area contributed by atoms with E-state index in [0.29, 0.717) is 12.2 Å². The number of hydrogen-bond acceptors (Lipinski definition) is 3. The molecule has 0 fully saturated rings. The van der Waals surface area contributed by atoms with Gasteiger partial charge in [-0.1, -0.05) is 18.7 Å². The fourth-order valence-corrected chi connectivity index (χ4v) is 9.29. The smallest absolute Gasteiger partial charge is 0.333 e. The molecule has 0 spiro atoms. The van der Waals surface area contributed by atoms with Gasteiger partial charge in [-0.05, 0) is 45.6 Å². The SMILES string of the molecule is C=C[Si](C)(C)O[Si](C)(C)CCCCOC(=O)C(=C)C. The summed E-state index contributed by atoms with van der Waals surface area (Å²) in [5.41, 5.74) is 2.44. The number of unbranched alkanes of at least 4 members (excludes halogenated alkanes) is 1. The number of carbonyl (C=O) groups excluding carboxylic acids is 1. The normalized spacial score (nSPS) is 12.1. The minimum absolute atomic E-state index is 0.298. The lowest BCUT2D eigenvalue weighted by Gasteiger charge is -2.31. The fourth-order valence-electron chi connectivity index (χ4n) is 1.75. The summed E-state index contributed by atoms with van der Waals surface area (Å²) in [6.07, 6.45) is 1.92. The van der Waals surface area contributed by atoms with E-state index in [4.69, 9.17) is 8.85 Å². The van der Waals surface area contributed by atoms with Gasteiger partial charge in [-0.2, -0.15) is 0 Å². The van der Waals surface area contributed by atoms with Crippen LogP contribution < -0.4 is 0 Å². The van der Waals surface area contributed by atoms with Gasteiger partial charge < -0.3 is 8.85 Å². The average molecular weight is 301 g/mol. The van der Waals surface area contributed by atoms with Gasteiger partial charge in [-0.3, -0.25) is 0 Å². The molecule has 0 aromatic carbocycles. The van der Waals surface area contributed by atoms with Crippen molar-refractivity contribution in [3.05, 3.63) is 24.4 Å². The maximum absolute atomic E-state index is 11.2. The Morgan fingerprint density at radius 1 is 1.21 bits per heavy atom. The first-order chi connectivity index (χ1) is 8.59. The quantitative estimate of drug-likeness (QED) is 0.279. The Bertz CT molecular complexity index is 336. The summed E-state index contributed by atoms with van der Waals surface area (Å²) < 4.78 is 11.3. The summed E-state index contributed by atoms with van der Waals surface area (Å²) >= 11 is 0. The van der Waals surface area contributed by atoms with Crippen molar-refractivity contribution >= 4 is 22.6 Å². The van der Waals surface area contributed by atoms with E-state index in [9.17, 15) is 4.79 Å². The van der Waals surface area contributed by atoms with Crippen molar-refractivity contribution in [2.45, 2.75) is 52.0 Å². The highest BCUT2D eigenvalue weighted by molar-refractivity contribution is 6.87. The number of esters is 1. The van der Waals surface area contributed by atoms with Crippen LogP contribution in [0.25, 0.3) is 0 Å². The zero-order chi connectivity index (χ0) is 15.1. The lowest BCUT2D eigenvalue weighted by molar-refractivity contribution is -0.139. The van der Waals surface area contributed by atoms with Crippen molar-refractivity contribution in [2.24, 2.45) is 0 Å². The predicted octanol–water partition coefficient (Wildman–Crippen LogP) is 4.04. The van der Waals surface area contributed by atoms with E-state index in [-0.39, 0.29) is 5.97 Å². The van der Waals surface area contributed by atoms with Crippen molar-refractivity contribution < 1.29 is 13.6 Å². The zero-order valence-electron chi connectivity index (χ0n) is 13.0. The molecule has 0 aromatic heterocycles. The molecule has 0 atom stereocenters. The van der Waals surface area contributed by atoms with Crippen LogP contribution in [-0.2, 0) is 13.6 Å². The molecule has 0 aliphatic carbocycles. The largest absolute Gasteiger partial charge is 0.462 e. The zero-order valence-corrected chi connectivity index (χ0v) is 15.0. The summed E-state index contributed by atoms with van der Waals surface area (Å²) in [6.45, 7) is 18.4. The fraction of sp³-hybridized carbons (Fsp3) is 0.643. The van der Waals surface area contributed by atoms with Gasteiger partial charge in [0, 0.05) is 5.57 Å². The Morgan fingerprint density at radius 3 is 2.26 bits per heavy atom. The summed E-state index contributed by atoms with van der Waals surface area (Å²) in [6, 6.07) is 1.09. The van der Waals surface area contributed by atoms with Crippen LogP contribution in [0.15, 0.2) is 24.4 Å². The highest BCUT2D eigenvalue weighted by atomic mass is 28.4. The topological polar surface area (TPSA) is 35.5 Å². The molecule has 0 bridgehead atoms. The second kappa shape index (κ2) is 7.82. The Morgan fingerprint density at radius 2 is 1.79 bits per heavy atom. The molecule has 0 aliphatic heterocycles. The molecule has 0 saturated heterocycles. The molecule has 0 amide bonds. The molecule has 0 heterocycles. The van der Waals surface area contributed by atoms with Crippen LogP contribution >= 0.6 is 0 Å². The van der Waals surface area contributed by atoms with E-state index in [1.807, 2.05) is 5.70 Å². The Balaban J connectivity index is 3.90. The summed E-state index contributed by atoms with van der Waals surface area (Å²) in [5, 5.41) is 0. The first kappa shape index (κ1) is 18.3. The Kier molecular flexibility index (Phi) is 7.55. The first-order valence-corrected chi connectivity index (χ1v) is 12.9. The molecular formula is C14H28O3Si2. The second-order valence-electron chi connectivity index (χ2n) is 6.04. The number of rotatable bonds is 9. The van der Waals surface area contributed by atoms with Crippen molar-refractivity contribution in [1.29, 1.82) is 0 Å². The van der Waals surface area contributed by atoms with E-state index in [2.05, 4.69) is 39.3 Å². The first-order valence-electron chi connectivity index (χ1n) is 6.76. The Labute approximate surface area is 120 Å². The second-order valence-corrected chi connectivity index (χ2v) is 14.5. The maximum Gasteiger partial charge on any atom is 0.333 e. The van der Waals surface area contributed by atoms with E-state index in [1.54, 1.807) is 6.92 Å². The van der Waals surface area contributed by atoms with Gasteiger partial charge in [0.15, 0.2) is 16.6 Å². The van der Waals surface area contributed by atoms with E-state index >= 15 is 0 Å². The van der Waals surface area contributed by atoms with Crippen LogP contribution in [0, 0.1) is 0 Å². The van der Waals surface area contributed by atoms with Gasteiger partial charge in [0.25, 0.3) is 0 Å². The number of ether oxygens (including phenoxy) is 1. The van der Waals surface area contributed by atoms with Crippen molar-refractivity contribution in [2.75, 3.05) is 6.61 Å². The molecule has 0 saturated carbocycles.